The number of nitrogens with two attached hydrogens (primary N) is 1. The van der Waals surface area contributed by atoms with Gasteiger partial charge < -0.3 is 15.8 Å². The van der Waals surface area contributed by atoms with Crippen LogP contribution in [0.2, 0.25) is 0 Å². The summed E-state index contributed by atoms with van der Waals surface area (Å²) in [6.07, 6.45) is 1.61. The first-order chi connectivity index (χ1) is 11.4. The van der Waals surface area contributed by atoms with Gasteiger partial charge in [0.2, 0.25) is 0 Å². The summed E-state index contributed by atoms with van der Waals surface area (Å²) in [5, 5.41) is 17.6. The maximum atomic E-state index is 9.29. The Labute approximate surface area is 140 Å². The minimum Gasteiger partial charge on any atom is -0.392 e. The van der Waals surface area contributed by atoms with E-state index in [4.69, 9.17) is 5.73 Å². The van der Waals surface area contributed by atoms with Crippen LogP contribution in [0.5, 0.6) is 0 Å². The lowest BCUT2D eigenvalue weighted by Gasteiger charge is -2.13. The van der Waals surface area contributed by atoms with E-state index in [0.717, 1.165) is 17.0 Å². The Morgan fingerprint density at radius 2 is 2.00 bits per heavy atom. The second-order valence-electron chi connectivity index (χ2n) is 6.62. The topological polar surface area (TPSA) is 114 Å². The number of hydrogen-bond donors (Lipinski definition) is 3. The van der Waals surface area contributed by atoms with E-state index in [9.17, 15) is 5.11 Å². The molecule has 0 radical (unpaired) electrons. The van der Waals surface area contributed by atoms with E-state index in [-0.39, 0.29) is 17.8 Å². The summed E-state index contributed by atoms with van der Waals surface area (Å²) < 4.78 is 0. The lowest BCUT2D eigenvalue weighted by atomic mass is 9.96. The molecule has 0 saturated heterocycles. The number of hydrogen-bond acceptors (Lipinski definition) is 6. The molecule has 0 amide bonds. The van der Waals surface area contributed by atoms with Crippen molar-refractivity contribution in [1.29, 1.82) is 0 Å². The third kappa shape index (κ3) is 3.11. The van der Waals surface area contributed by atoms with Crippen molar-refractivity contribution in [3.63, 3.8) is 0 Å². The first-order valence-electron chi connectivity index (χ1n) is 7.64. The molecular formula is C17H20N6O. The van der Waals surface area contributed by atoms with Crippen molar-refractivity contribution in [2.75, 3.05) is 5.73 Å². The maximum Gasteiger partial charge on any atom is 0.183 e. The summed E-state index contributed by atoms with van der Waals surface area (Å²) >= 11 is 0. The van der Waals surface area contributed by atoms with Crippen LogP contribution in [0.4, 0.5) is 5.82 Å². The predicted octanol–water partition coefficient (Wildman–Crippen LogP) is 2.30. The minimum absolute atomic E-state index is 0.0276. The Hall–Kier alpha value is -2.80. The molecule has 7 nitrogen and oxygen atoms in total. The number of nitrogens with zero attached hydrogens (tertiary/aromatic N) is 4. The Kier molecular flexibility index (Phi) is 4.02. The van der Waals surface area contributed by atoms with E-state index in [1.54, 1.807) is 6.20 Å². The van der Waals surface area contributed by atoms with Crippen LogP contribution in [0.15, 0.2) is 30.5 Å². The van der Waals surface area contributed by atoms with Crippen LogP contribution in [0.1, 0.15) is 32.2 Å². The van der Waals surface area contributed by atoms with Crippen LogP contribution in [-0.4, -0.2) is 30.3 Å². The van der Waals surface area contributed by atoms with Crippen molar-refractivity contribution in [2.45, 2.75) is 32.8 Å². The fraction of sp³-hybridized carbons (Fsp3) is 0.294. The van der Waals surface area contributed by atoms with E-state index < -0.39 is 0 Å². The molecule has 0 bridgehead atoms. The standard InChI is InChI=1S/C17H20N6O/c1-17(2,3)16-21-15(22-23-16)13-14(18)19-8-12(20-13)11-6-4-5-10(7-11)9-24/h4-8,24H,9H2,1-3H3,(H2,18,19)(H,21,22,23). The maximum absolute atomic E-state index is 9.29. The van der Waals surface area contributed by atoms with E-state index in [0.29, 0.717) is 17.2 Å². The quantitative estimate of drug-likeness (QED) is 0.681. The molecule has 0 aliphatic heterocycles. The molecule has 7 heteroatoms. The molecule has 3 aromatic rings. The molecule has 0 saturated carbocycles. The molecule has 24 heavy (non-hydrogen) atoms. The molecule has 2 aromatic heterocycles. The number of aromatic amines is 1. The van der Waals surface area contributed by atoms with Gasteiger partial charge >= 0.3 is 0 Å². The van der Waals surface area contributed by atoms with Gasteiger partial charge in [0.05, 0.1) is 18.5 Å². The largest absolute Gasteiger partial charge is 0.392 e. The van der Waals surface area contributed by atoms with Crippen LogP contribution in [0.3, 0.4) is 0 Å². The normalized spacial score (nSPS) is 11.7. The van der Waals surface area contributed by atoms with Crippen LogP contribution >= 0.6 is 0 Å². The third-order valence-corrected chi connectivity index (χ3v) is 3.63. The van der Waals surface area contributed by atoms with Crippen LogP contribution in [-0.2, 0) is 12.0 Å². The van der Waals surface area contributed by atoms with E-state index >= 15 is 0 Å². The zero-order chi connectivity index (χ0) is 17.3. The molecule has 2 heterocycles. The van der Waals surface area contributed by atoms with Gasteiger partial charge in [-0.15, -0.1) is 10.2 Å². The van der Waals surface area contributed by atoms with Gasteiger partial charge in [0.25, 0.3) is 0 Å². The summed E-state index contributed by atoms with van der Waals surface area (Å²) in [5.74, 6) is 1.53. The van der Waals surface area contributed by atoms with Crippen molar-refractivity contribution in [3.8, 4) is 22.8 Å². The zero-order valence-corrected chi connectivity index (χ0v) is 13.9. The molecule has 3 rings (SSSR count). The number of aliphatic hydroxyl groups is 1. The number of rotatable bonds is 3. The highest BCUT2D eigenvalue weighted by Crippen LogP contribution is 2.26. The number of nitrogens with one attached hydrogen (secondary N) is 1. The number of aromatic nitrogens is 5. The molecule has 124 valence electrons. The minimum atomic E-state index is -0.152. The fourth-order valence-electron chi connectivity index (χ4n) is 2.25. The SMILES string of the molecule is CC(C)(C)c1nnc(-c2nc(-c3cccc(CO)c3)cnc2N)[nH]1. The van der Waals surface area contributed by atoms with E-state index in [1.807, 2.05) is 45.0 Å². The van der Waals surface area contributed by atoms with Gasteiger partial charge in [0.15, 0.2) is 17.3 Å². The van der Waals surface area contributed by atoms with Gasteiger partial charge in [0, 0.05) is 11.0 Å². The molecule has 0 aliphatic carbocycles. The molecule has 0 unspecified atom stereocenters. The molecule has 0 aliphatic rings. The van der Waals surface area contributed by atoms with Crippen LogP contribution in [0, 0.1) is 0 Å². The lowest BCUT2D eigenvalue weighted by molar-refractivity contribution is 0.282. The van der Waals surface area contributed by atoms with Gasteiger partial charge in [-0.05, 0) is 11.6 Å². The van der Waals surface area contributed by atoms with Gasteiger partial charge in [-0.1, -0.05) is 39.0 Å². The monoisotopic (exact) mass is 324 g/mol. The van der Waals surface area contributed by atoms with Crippen molar-refractivity contribution < 1.29 is 5.11 Å². The second-order valence-corrected chi connectivity index (χ2v) is 6.62. The first-order valence-corrected chi connectivity index (χ1v) is 7.64. The summed E-state index contributed by atoms with van der Waals surface area (Å²) in [7, 11) is 0. The molecule has 0 atom stereocenters. The summed E-state index contributed by atoms with van der Waals surface area (Å²) in [5.41, 5.74) is 8.60. The molecular weight excluding hydrogens is 304 g/mol. The highest BCUT2D eigenvalue weighted by Gasteiger charge is 2.21. The number of H-pyrrole nitrogens is 1. The molecule has 0 fully saturated rings. The van der Waals surface area contributed by atoms with Crippen LogP contribution in [0.25, 0.3) is 22.8 Å². The summed E-state index contributed by atoms with van der Waals surface area (Å²) in [4.78, 5) is 12.0. The summed E-state index contributed by atoms with van der Waals surface area (Å²) in [6, 6.07) is 7.49. The van der Waals surface area contributed by atoms with Crippen LogP contribution < -0.4 is 5.73 Å². The predicted molar refractivity (Wildman–Crippen MR) is 91.9 cm³/mol. The average molecular weight is 324 g/mol. The Morgan fingerprint density at radius 1 is 1.21 bits per heavy atom. The van der Waals surface area contributed by atoms with E-state index in [2.05, 4.69) is 25.1 Å². The van der Waals surface area contributed by atoms with Gasteiger partial charge in [-0.2, -0.15) is 0 Å². The Morgan fingerprint density at radius 3 is 2.67 bits per heavy atom. The smallest absolute Gasteiger partial charge is 0.183 e. The average Bonchev–Trinajstić information content (AvgIpc) is 3.05. The van der Waals surface area contributed by atoms with Gasteiger partial charge in [-0.3, -0.25) is 0 Å². The first kappa shape index (κ1) is 16.1. The zero-order valence-electron chi connectivity index (χ0n) is 13.9. The van der Waals surface area contributed by atoms with Crippen molar-refractivity contribution in [3.05, 3.63) is 41.9 Å². The highest BCUT2D eigenvalue weighted by atomic mass is 16.3. The number of aliphatic hydroxyl groups excluding tert-OH is 1. The van der Waals surface area contributed by atoms with E-state index in [1.165, 1.54) is 0 Å². The van der Waals surface area contributed by atoms with Crippen molar-refractivity contribution in [1.82, 2.24) is 25.1 Å². The van der Waals surface area contributed by atoms with Crippen molar-refractivity contribution >= 4 is 5.82 Å². The molecule has 0 spiro atoms. The number of nitrogen functional groups attached to an aromatic ring is 1. The van der Waals surface area contributed by atoms with Gasteiger partial charge in [-0.25, -0.2) is 9.97 Å². The second kappa shape index (κ2) is 6.01. The lowest BCUT2D eigenvalue weighted by Crippen LogP contribution is -2.13. The Bertz CT molecular complexity index is 866. The molecule has 1 aromatic carbocycles. The highest BCUT2D eigenvalue weighted by molar-refractivity contribution is 5.69. The number of anilines is 1. The van der Waals surface area contributed by atoms with Crippen molar-refractivity contribution in [2.24, 2.45) is 0 Å². The summed E-state index contributed by atoms with van der Waals surface area (Å²) in [6.45, 7) is 6.11. The fourth-order valence-corrected chi connectivity index (χ4v) is 2.25. The molecule has 4 N–H and O–H groups in total. The number of benzene rings is 1. The van der Waals surface area contributed by atoms with Gasteiger partial charge in [0.1, 0.15) is 5.82 Å². The third-order valence-electron chi connectivity index (χ3n) is 3.63. The Balaban J connectivity index is 2.05.